The SMILES string of the molecule is NCc1cccc(NC(=O)CN2CC3CCC2C3)c1. The van der Waals surface area contributed by atoms with Crippen LogP contribution in [0.2, 0.25) is 0 Å². The normalized spacial score (nSPS) is 25.7. The van der Waals surface area contributed by atoms with E-state index in [0.717, 1.165) is 23.7 Å². The van der Waals surface area contributed by atoms with Crippen molar-refractivity contribution in [3.05, 3.63) is 29.8 Å². The smallest absolute Gasteiger partial charge is 0.238 e. The molecule has 3 N–H and O–H groups in total. The minimum Gasteiger partial charge on any atom is -0.326 e. The number of fused-ring (bicyclic) bond motifs is 2. The molecule has 1 heterocycles. The molecule has 2 bridgehead atoms. The van der Waals surface area contributed by atoms with Crippen LogP contribution in [0.5, 0.6) is 0 Å². The number of benzene rings is 1. The van der Waals surface area contributed by atoms with Crippen LogP contribution >= 0.6 is 0 Å². The molecule has 1 saturated heterocycles. The maximum absolute atomic E-state index is 12.1. The van der Waals surface area contributed by atoms with Gasteiger partial charge in [0.25, 0.3) is 0 Å². The van der Waals surface area contributed by atoms with Gasteiger partial charge in [0.15, 0.2) is 0 Å². The average Bonchev–Trinajstić information content (AvgIpc) is 3.01. The molecule has 1 amide bonds. The minimum absolute atomic E-state index is 0.0849. The Bertz CT molecular complexity index is 474. The van der Waals surface area contributed by atoms with Gasteiger partial charge in [0.2, 0.25) is 5.91 Å². The predicted molar refractivity (Wildman–Crippen MR) is 75.7 cm³/mol. The highest BCUT2D eigenvalue weighted by molar-refractivity contribution is 5.92. The first-order valence-electron chi connectivity index (χ1n) is 7.07. The van der Waals surface area contributed by atoms with Gasteiger partial charge >= 0.3 is 0 Å². The summed E-state index contributed by atoms with van der Waals surface area (Å²) in [7, 11) is 0. The van der Waals surface area contributed by atoms with Crippen molar-refractivity contribution in [1.82, 2.24) is 4.90 Å². The highest BCUT2D eigenvalue weighted by atomic mass is 16.2. The van der Waals surface area contributed by atoms with Crippen LogP contribution in [0.3, 0.4) is 0 Å². The lowest BCUT2D eigenvalue weighted by Gasteiger charge is -2.25. The Morgan fingerprint density at radius 1 is 1.42 bits per heavy atom. The number of carbonyl (C=O) groups is 1. The van der Waals surface area contributed by atoms with Gasteiger partial charge in [0.05, 0.1) is 6.54 Å². The van der Waals surface area contributed by atoms with Crippen molar-refractivity contribution in [2.45, 2.75) is 31.8 Å². The summed E-state index contributed by atoms with van der Waals surface area (Å²) in [5, 5.41) is 2.97. The second kappa shape index (κ2) is 5.31. The van der Waals surface area contributed by atoms with E-state index < -0.39 is 0 Å². The van der Waals surface area contributed by atoms with Crippen molar-refractivity contribution in [2.24, 2.45) is 11.7 Å². The zero-order valence-corrected chi connectivity index (χ0v) is 11.1. The minimum atomic E-state index is 0.0849. The van der Waals surface area contributed by atoms with Crippen molar-refractivity contribution < 1.29 is 4.79 Å². The number of rotatable bonds is 4. The van der Waals surface area contributed by atoms with Crippen molar-refractivity contribution in [2.75, 3.05) is 18.4 Å². The lowest BCUT2D eigenvalue weighted by Crippen LogP contribution is -2.38. The quantitative estimate of drug-likeness (QED) is 0.863. The number of nitrogens with zero attached hydrogens (tertiary/aromatic N) is 1. The van der Waals surface area contributed by atoms with Crippen LogP contribution in [0.15, 0.2) is 24.3 Å². The second-order valence-electron chi connectivity index (χ2n) is 5.72. The van der Waals surface area contributed by atoms with Crippen molar-refractivity contribution in [3.63, 3.8) is 0 Å². The lowest BCUT2D eigenvalue weighted by molar-refractivity contribution is -0.117. The van der Waals surface area contributed by atoms with Crippen molar-refractivity contribution in [3.8, 4) is 0 Å². The maximum atomic E-state index is 12.1. The third kappa shape index (κ3) is 2.80. The van der Waals surface area contributed by atoms with Crippen LogP contribution in [0.1, 0.15) is 24.8 Å². The number of nitrogens with two attached hydrogens (primary N) is 1. The first-order chi connectivity index (χ1) is 9.24. The molecular weight excluding hydrogens is 238 g/mol. The molecule has 2 fully saturated rings. The Morgan fingerprint density at radius 2 is 2.32 bits per heavy atom. The molecule has 3 rings (SSSR count). The van der Waals surface area contributed by atoms with Crippen LogP contribution in [0.4, 0.5) is 5.69 Å². The van der Waals surface area contributed by atoms with Crippen LogP contribution in [-0.4, -0.2) is 29.9 Å². The van der Waals surface area contributed by atoms with E-state index in [-0.39, 0.29) is 5.91 Å². The molecule has 1 aliphatic heterocycles. The van der Waals surface area contributed by atoms with E-state index in [9.17, 15) is 4.79 Å². The fraction of sp³-hybridized carbons (Fsp3) is 0.533. The second-order valence-corrected chi connectivity index (χ2v) is 5.72. The molecule has 4 nitrogen and oxygen atoms in total. The van der Waals surface area contributed by atoms with E-state index in [1.807, 2.05) is 24.3 Å². The summed E-state index contributed by atoms with van der Waals surface area (Å²) >= 11 is 0. The van der Waals surface area contributed by atoms with Gasteiger partial charge in [0.1, 0.15) is 0 Å². The summed E-state index contributed by atoms with van der Waals surface area (Å²) in [6.45, 7) is 2.12. The summed E-state index contributed by atoms with van der Waals surface area (Å²) in [6.07, 6.45) is 3.90. The summed E-state index contributed by atoms with van der Waals surface area (Å²) in [5.74, 6) is 0.917. The number of piperidine rings is 1. The van der Waals surface area contributed by atoms with Gasteiger partial charge in [-0.05, 0) is 42.9 Å². The molecule has 19 heavy (non-hydrogen) atoms. The molecule has 1 aromatic rings. The largest absolute Gasteiger partial charge is 0.326 e. The number of likely N-dealkylation sites (tertiary alicyclic amines) is 1. The molecule has 0 aromatic heterocycles. The van der Waals surface area contributed by atoms with Crippen LogP contribution in [0, 0.1) is 5.92 Å². The zero-order valence-electron chi connectivity index (χ0n) is 11.1. The molecule has 2 aliphatic rings. The Hall–Kier alpha value is -1.39. The number of hydrogen-bond acceptors (Lipinski definition) is 3. The third-order valence-electron chi connectivity index (χ3n) is 4.32. The van der Waals surface area contributed by atoms with Gasteiger partial charge in [0, 0.05) is 24.8 Å². The van der Waals surface area contributed by atoms with Crippen LogP contribution in [0.25, 0.3) is 0 Å². The van der Waals surface area contributed by atoms with Gasteiger partial charge in [-0.1, -0.05) is 12.1 Å². The highest BCUT2D eigenvalue weighted by Gasteiger charge is 2.38. The average molecular weight is 259 g/mol. The third-order valence-corrected chi connectivity index (χ3v) is 4.32. The van der Waals surface area contributed by atoms with Gasteiger partial charge in [-0.3, -0.25) is 9.69 Å². The molecule has 0 spiro atoms. The summed E-state index contributed by atoms with van der Waals surface area (Å²) in [5.41, 5.74) is 7.49. The first kappa shape index (κ1) is 12.6. The molecular formula is C15H21N3O. The number of amides is 1. The molecule has 2 atom stereocenters. The molecule has 102 valence electrons. The van der Waals surface area contributed by atoms with E-state index in [4.69, 9.17) is 5.73 Å². The van der Waals surface area contributed by atoms with Gasteiger partial charge in [-0.2, -0.15) is 0 Å². The Balaban J connectivity index is 1.56. The van der Waals surface area contributed by atoms with E-state index in [0.29, 0.717) is 19.1 Å². The molecule has 0 radical (unpaired) electrons. The first-order valence-corrected chi connectivity index (χ1v) is 7.07. The van der Waals surface area contributed by atoms with Gasteiger partial charge < -0.3 is 11.1 Å². The van der Waals surface area contributed by atoms with E-state index in [1.54, 1.807) is 0 Å². The van der Waals surface area contributed by atoms with Crippen molar-refractivity contribution in [1.29, 1.82) is 0 Å². The monoisotopic (exact) mass is 259 g/mol. The van der Waals surface area contributed by atoms with Crippen molar-refractivity contribution >= 4 is 11.6 Å². The molecule has 1 aliphatic carbocycles. The number of carbonyl (C=O) groups excluding carboxylic acids is 1. The topological polar surface area (TPSA) is 58.4 Å². The summed E-state index contributed by atoms with van der Waals surface area (Å²) in [6, 6.07) is 8.39. The Kier molecular flexibility index (Phi) is 3.53. The predicted octanol–water partition coefficient (Wildman–Crippen LogP) is 1.57. The number of nitrogens with one attached hydrogen (secondary N) is 1. The standard InChI is InChI=1S/C15H21N3O/c16-8-11-2-1-3-13(6-11)17-15(19)10-18-9-12-4-5-14(18)7-12/h1-3,6,12,14H,4-5,7-10,16H2,(H,17,19). The fourth-order valence-corrected chi connectivity index (χ4v) is 3.38. The van der Waals surface area contributed by atoms with Crippen LogP contribution in [-0.2, 0) is 11.3 Å². The van der Waals surface area contributed by atoms with E-state index >= 15 is 0 Å². The Labute approximate surface area is 114 Å². The zero-order chi connectivity index (χ0) is 13.2. The Morgan fingerprint density at radius 3 is 3.00 bits per heavy atom. The number of hydrogen-bond donors (Lipinski definition) is 2. The fourth-order valence-electron chi connectivity index (χ4n) is 3.38. The lowest BCUT2D eigenvalue weighted by atomic mass is 10.1. The van der Waals surface area contributed by atoms with Crippen LogP contribution < -0.4 is 11.1 Å². The molecule has 2 unspecified atom stereocenters. The highest BCUT2D eigenvalue weighted by Crippen LogP contribution is 2.36. The van der Waals surface area contributed by atoms with Gasteiger partial charge in [-0.25, -0.2) is 0 Å². The molecule has 1 saturated carbocycles. The summed E-state index contributed by atoms with van der Waals surface area (Å²) < 4.78 is 0. The molecule has 1 aromatic carbocycles. The summed E-state index contributed by atoms with van der Waals surface area (Å²) in [4.78, 5) is 14.4. The number of anilines is 1. The maximum Gasteiger partial charge on any atom is 0.238 e. The molecule has 4 heteroatoms. The van der Waals surface area contributed by atoms with E-state index in [1.165, 1.54) is 19.3 Å². The van der Waals surface area contributed by atoms with E-state index in [2.05, 4.69) is 10.2 Å². The van der Waals surface area contributed by atoms with Gasteiger partial charge in [-0.15, -0.1) is 0 Å².